The Morgan fingerprint density at radius 3 is 2.75 bits per heavy atom. The molecule has 5 nitrogen and oxygen atoms in total. The number of fused-ring (bicyclic) bond motifs is 1. The smallest absolute Gasteiger partial charge is 0.325 e. The van der Waals surface area contributed by atoms with Crippen molar-refractivity contribution in [2.75, 3.05) is 0 Å². The van der Waals surface area contributed by atoms with Gasteiger partial charge in [0.15, 0.2) is 5.58 Å². The van der Waals surface area contributed by atoms with Crippen molar-refractivity contribution >= 4 is 22.9 Å². The van der Waals surface area contributed by atoms with Gasteiger partial charge in [0.2, 0.25) is 0 Å². The number of hydrogen-bond donors (Lipinski definition) is 1. The van der Waals surface area contributed by atoms with E-state index in [1.165, 1.54) is 10.2 Å². The minimum atomic E-state index is -0.180. The number of nitrogens with zero attached hydrogens (tertiary/aromatic N) is 2. The van der Waals surface area contributed by atoms with E-state index >= 15 is 0 Å². The van der Waals surface area contributed by atoms with Crippen molar-refractivity contribution in [3.05, 3.63) is 76.2 Å². The van der Waals surface area contributed by atoms with Crippen LogP contribution in [0.5, 0.6) is 0 Å². The number of hydrogen-bond acceptors (Lipinski definition) is 4. The summed E-state index contributed by atoms with van der Waals surface area (Å²) in [5, 5.41) is 3.07. The van der Waals surface area contributed by atoms with Crippen LogP contribution in [0.3, 0.4) is 0 Å². The molecule has 0 spiro atoms. The molecule has 0 aliphatic rings. The molecule has 24 heavy (non-hydrogen) atoms. The maximum absolute atomic E-state index is 12.2. The van der Waals surface area contributed by atoms with Crippen molar-refractivity contribution in [2.24, 2.45) is 0 Å². The van der Waals surface area contributed by atoms with E-state index in [1.807, 2.05) is 24.3 Å². The Kier molecular flexibility index (Phi) is 3.74. The predicted octanol–water partition coefficient (Wildman–Crippen LogP) is 3.91. The first-order valence-corrected chi connectivity index (χ1v) is 8.54. The monoisotopic (exact) mass is 337 g/mol. The highest BCUT2D eigenvalue weighted by atomic mass is 32.2. The minimum absolute atomic E-state index is 0.180. The van der Waals surface area contributed by atoms with Crippen LogP contribution in [-0.4, -0.2) is 14.8 Å². The van der Waals surface area contributed by atoms with Crippen LogP contribution in [0.15, 0.2) is 68.7 Å². The van der Waals surface area contributed by atoms with Crippen molar-refractivity contribution in [3.63, 3.8) is 0 Å². The quantitative estimate of drug-likeness (QED) is 0.574. The summed E-state index contributed by atoms with van der Waals surface area (Å²) in [6.45, 7) is 2.06. The summed E-state index contributed by atoms with van der Waals surface area (Å²) >= 11 is 1.67. The first-order chi connectivity index (χ1) is 11.7. The van der Waals surface area contributed by atoms with Gasteiger partial charge in [0, 0.05) is 22.4 Å². The molecule has 0 fully saturated rings. The van der Waals surface area contributed by atoms with Gasteiger partial charge >= 0.3 is 6.01 Å². The zero-order chi connectivity index (χ0) is 16.5. The van der Waals surface area contributed by atoms with Gasteiger partial charge in [-0.3, -0.25) is 9.89 Å². The molecule has 0 radical (unpaired) electrons. The molecular weight excluding hydrogens is 322 g/mol. The molecule has 0 aliphatic carbocycles. The molecule has 4 aromatic rings. The highest BCUT2D eigenvalue weighted by Gasteiger charge is 2.12. The first kappa shape index (κ1) is 14.8. The molecule has 1 N–H and O–H groups in total. The Balaban J connectivity index is 1.57. The van der Waals surface area contributed by atoms with Crippen LogP contribution in [0.1, 0.15) is 11.3 Å². The molecule has 0 bridgehead atoms. The fourth-order valence-corrected chi connectivity index (χ4v) is 3.21. The largest absolute Gasteiger partial charge is 0.422 e. The van der Waals surface area contributed by atoms with Crippen LogP contribution in [0.4, 0.5) is 0 Å². The predicted molar refractivity (Wildman–Crippen MR) is 94.7 cm³/mol. The number of para-hydroxylation sites is 2. The summed E-state index contributed by atoms with van der Waals surface area (Å²) in [6.07, 6.45) is 0. The fourth-order valence-electron chi connectivity index (χ4n) is 2.41. The number of oxazole rings is 1. The Morgan fingerprint density at radius 2 is 1.96 bits per heavy atom. The summed E-state index contributed by atoms with van der Waals surface area (Å²) in [4.78, 5) is 17.7. The molecule has 2 aromatic heterocycles. The van der Waals surface area contributed by atoms with E-state index < -0.39 is 0 Å². The molecular formula is C18H15N3O2S. The van der Waals surface area contributed by atoms with Crippen LogP contribution < -0.4 is 5.56 Å². The number of benzene rings is 2. The van der Waals surface area contributed by atoms with Gasteiger partial charge in [0.25, 0.3) is 5.56 Å². The average Bonchev–Trinajstić information content (AvgIpc) is 3.17. The second-order valence-corrected chi connectivity index (χ2v) is 6.57. The Hall–Kier alpha value is -2.73. The zero-order valence-corrected chi connectivity index (χ0v) is 13.8. The van der Waals surface area contributed by atoms with Crippen LogP contribution in [0, 0.1) is 6.92 Å². The van der Waals surface area contributed by atoms with Crippen LogP contribution >= 0.6 is 11.8 Å². The van der Waals surface area contributed by atoms with E-state index in [4.69, 9.17) is 4.42 Å². The molecule has 0 unspecified atom stereocenters. The zero-order valence-electron chi connectivity index (χ0n) is 13.0. The van der Waals surface area contributed by atoms with Gasteiger partial charge in [-0.1, -0.05) is 29.8 Å². The fraction of sp³-hybridized carbons (Fsp3) is 0.111. The van der Waals surface area contributed by atoms with Gasteiger partial charge in [0.1, 0.15) is 5.52 Å². The lowest BCUT2D eigenvalue weighted by atomic mass is 10.2. The third kappa shape index (κ3) is 2.88. The highest BCUT2D eigenvalue weighted by Crippen LogP contribution is 2.22. The second kappa shape index (κ2) is 6.05. The number of thioether (sulfide) groups is 1. The van der Waals surface area contributed by atoms with Crippen molar-refractivity contribution < 1.29 is 4.42 Å². The van der Waals surface area contributed by atoms with Gasteiger partial charge in [-0.05, 0) is 31.2 Å². The number of rotatable bonds is 4. The number of H-pyrrole nitrogens is 1. The van der Waals surface area contributed by atoms with Gasteiger partial charge < -0.3 is 4.42 Å². The van der Waals surface area contributed by atoms with Gasteiger partial charge in [-0.25, -0.2) is 0 Å². The van der Waals surface area contributed by atoms with Crippen molar-refractivity contribution in [3.8, 4) is 6.01 Å². The Labute approximate surface area is 142 Å². The number of aromatic amines is 1. The average molecular weight is 337 g/mol. The normalized spacial score (nSPS) is 11.2. The first-order valence-electron chi connectivity index (χ1n) is 7.55. The van der Waals surface area contributed by atoms with E-state index in [-0.39, 0.29) is 11.6 Å². The van der Waals surface area contributed by atoms with Crippen molar-refractivity contribution in [1.29, 1.82) is 0 Å². The van der Waals surface area contributed by atoms with Crippen LogP contribution in [-0.2, 0) is 5.75 Å². The van der Waals surface area contributed by atoms with Crippen molar-refractivity contribution in [2.45, 2.75) is 17.6 Å². The second-order valence-electron chi connectivity index (χ2n) is 5.52. The topological polar surface area (TPSA) is 63.8 Å². The molecule has 0 saturated heterocycles. The van der Waals surface area contributed by atoms with E-state index in [2.05, 4.69) is 41.3 Å². The van der Waals surface area contributed by atoms with E-state index in [0.29, 0.717) is 11.3 Å². The molecule has 0 atom stereocenters. The third-order valence-electron chi connectivity index (χ3n) is 3.66. The maximum Gasteiger partial charge on any atom is 0.325 e. The maximum atomic E-state index is 12.2. The van der Waals surface area contributed by atoms with Crippen molar-refractivity contribution in [1.82, 2.24) is 14.8 Å². The van der Waals surface area contributed by atoms with Gasteiger partial charge in [-0.15, -0.1) is 11.8 Å². The summed E-state index contributed by atoms with van der Waals surface area (Å²) in [7, 11) is 0. The molecule has 4 rings (SSSR count). The molecule has 2 aromatic carbocycles. The molecule has 120 valence electrons. The highest BCUT2D eigenvalue weighted by molar-refractivity contribution is 7.98. The Bertz CT molecular complexity index is 1010. The molecule has 0 aliphatic heterocycles. The number of nitrogens with one attached hydrogen (secondary N) is 1. The lowest BCUT2D eigenvalue weighted by molar-refractivity contribution is 0.536. The van der Waals surface area contributed by atoms with Gasteiger partial charge in [0.05, 0.1) is 0 Å². The third-order valence-corrected chi connectivity index (χ3v) is 4.72. The summed E-state index contributed by atoms with van der Waals surface area (Å²) in [6, 6.07) is 17.6. The number of aryl methyl sites for hydroxylation is 1. The van der Waals surface area contributed by atoms with Gasteiger partial charge in [-0.2, -0.15) is 9.67 Å². The lowest BCUT2D eigenvalue weighted by Gasteiger charge is -2.00. The molecule has 0 amide bonds. The molecule has 2 heterocycles. The Morgan fingerprint density at radius 1 is 1.17 bits per heavy atom. The van der Waals surface area contributed by atoms with E-state index in [9.17, 15) is 4.79 Å². The van der Waals surface area contributed by atoms with E-state index in [1.54, 1.807) is 17.8 Å². The molecule has 6 heteroatoms. The summed E-state index contributed by atoms with van der Waals surface area (Å²) in [5.41, 5.74) is 3.26. The lowest BCUT2D eigenvalue weighted by Crippen LogP contribution is -2.13. The van der Waals surface area contributed by atoms with Crippen LogP contribution in [0.2, 0.25) is 0 Å². The summed E-state index contributed by atoms with van der Waals surface area (Å²) in [5.74, 6) is 0.672. The van der Waals surface area contributed by atoms with Crippen LogP contribution in [0.25, 0.3) is 17.1 Å². The SMILES string of the molecule is Cc1ccc(SCc2cc(=O)n(-c3nc4ccccc4o3)[nH]2)cc1. The van der Waals surface area contributed by atoms with E-state index in [0.717, 1.165) is 16.1 Å². The number of aromatic nitrogens is 3. The minimum Gasteiger partial charge on any atom is -0.422 e. The summed E-state index contributed by atoms with van der Waals surface area (Å²) < 4.78 is 6.98. The molecule has 0 saturated carbocycles. The standard InChI is InChI=1S/C18H15N3O2S/c1-12-6-8-14(9-7-12)24-11-13-10-17(22)21(20-13)18-19-15-4-2-3-5-16(15)23-18/h2-10,20H,11H2,1H3.